The van der Waals surface area contributed by atoms with E-state index in [1.165, 1.54) is 36.0 Å². The zero-order chi connectivity index (χ0) is 15.7. The van der Waals surface area contributed by atoms with Crippen LogP contribution in [0.15, 0.2) is 41.7 Å². The molecule has 0 saturated heterocycles. The van der Waals surface area contributed by atoms with Gasteiger partial charge in [0.15, 0.2) is 15.0 Å². The molecule has 2 aromatic heterocycles. The topological polar surface area (TPSA) is 102 Å². The molecule has 1 aromatic carbocycles. The second kappa shape index (κ2) is 5.43. The summed E-state index contributed by atoms with van der Waals surface area (Å²) in [7, 11) is -3.28. The third-order valence-corrected chi connectivity index (χ3v) is 4.85. The van der Waals surface area contributed by atoms with Crippen molar-refractivity contribution in [3.8, 4) is 0 Å². The van der Waals surface area contributed by atoms with Crippen LogP contribution in [0.25, 0.3) is 10.2 Å². The Labute approximate surface area is 130 Å². The van der Waals surface area contributed by atoms with E-state index in [-0.39, 0.29) is 10.6 Å². The molecule has 2 heterocycles. The molecule has 0 atom stereocenters. The van der Waals surface area contributed by atoms with E-state index in [2.05, 4.69) is 20.3 Å². The van der Waals surface area contributed by atoms with Crippen LogP contribution in [0.4, 0.5) is 5.13 Å². The third kappa shape index (κ3) is 2.95. The molecule has 0 radical (unpaired) electrons. The van der Waals surface area contributed by atoms with Gasteiger partial charge < -0.3 is 0 Å². The minimum atomic E-state index is -3.28. The molecular formula is C13H10N4O3S2. The van der Waals surface area contributed by atoms with E-state index in [4.69, 9.17) is 0 Å². The molecule has 0 unspecified atom stereocenters. The molecule has 0 fully saturated rings. The minimum Gasteiger partial charge on any atom is -0.296 e. The summed E-state index contributed by atoms with van der Waals surface area (Å²) in [5, 5.41) is 2.99. The second-order valence-corrected chi connectivity index (χ2v) is 7.51. The molecule has 9 heteroatoms. The Morgan fingerprint density at radius 1 is 1.27 bits per heavy atom. The molecule has 0 spiro atoms. The fourth-order valence-electron chi connectivity index (χ4n) is 1.77. The highest BCUT2D eigenvalue weighted by atomic mass is 32.2. The van der Waals surface area contributed by atoms with Crippen molar-refractivity contribution < 1.29 is 13.2 Å². The summed E-state index contributed by atoms with van der Waals surface area (Å²) in [5.74, 6) is -0.421. The number of thiazole rings is 1. The van der Waals surface area contributed by atoms with Crippen molar-refractivity contribution in [2.45, 2.75) is 4.90 Å². The normalized spacial score (nSPS) is 11.5. The van der Waals surface area contributed by atoms with Crippen molar-refractivity contribution in [3.05, 3.63) is 42.5 Å². The lowest BCUT2D eigenvalue weighted by Crippen LogP contribution is -2.13. The van der Waals surface area contributed by atoms with Crippen molar-refractivity contribution in [2.24, 2.45) is 0 Å². The van der Waals surface area contributed by atoms with Gasteiger partial charge >= 0.3 is 0 Å². The van der Waals surface area contributed by atoms with E-state index in [1.54, 1.807) is 12.1 Å². The van der Waals surface area contributed by atoms with Crippen LogP contribution in [0.5, 0.6) is 0 Å². The Bertz CT molecular complexity index is 952. The van der Waals surface area contributed by atoms with E-state index in [0.29, 0.717) is 15.3 Å². The predicted molar refractivity (Wildman–Crippen MR) is 82.7 cm³/mol. The summed E-state index contributed by atoms with van der Waals surface area (Å²) in [6.45, 7) is 0. The van der Waals surface area contributed by atoms with Gasteiger partial charge in [-0.15, -0.1) is 0 Å². The number of carbonyl (C=O) groups is 1. The van der Waals surface area contributed by atoms with Crippen LogP contribution in [-0.4, -0.2) is 35.5 Å². The Hall–Kier alpha value is -2.39. The quantitative estimate of drug-likeness (QED) is 0.783. The van der Waals surface area contributed by atoms with Gasteiger partial charge in [-0.1, -0.05) is 11.3 Å². The van der Waals surface area contributed by atoms with Gasteiger partial charge in [-0.25, -0.2) is 18.4 Å². The predicted octanol–water partition coefficient (Wildman–Crippen LogP) is 1.74. The maximum atomic E-state index is 12.0. The molecule has 7 nitrogen and oxygen atoms in total. The molecule has 112 valence electrons. The van der Waals surface area contributed by atoms with Crippen molar-refractivity contribution in [2.75, 3.05) is 11.6 Å². The highest BCUT2D eigenvalue weighted by molar-refractivity contribution is 7.90. The standard InChI is InChI=1S/C13H10N4O3S2/c1-22(19,20)8-2-3-9-11(6-8)21-13(16-9)17-12(18)10-7-14-4-5-15-10/h2-7H,1H3,(H,16,17,18). The van der Waals surface area contributed by atoms with Crippen LogP contribution in [0.2, 0.25) is 0 Å². The molecule has 0 aliphatic carbocycles. The van der Waals surface area contributed by atoms with Gasteiger partial charge in [-0.05, 0) is 18.2 Å². The van der Waals surface area contributed by atoms with Crippen molar-refractivity contribution in [3.63, 3.8) is 0 Å². The first kappa shape index (κ1) is 14.5. The maximum absolute atomic E-state index is 12.0. The van der Waals surface area contributed by atoms with E-state index in [0.717, 1.165) is 6.26 Å². The number of hydrogen-bond donors (Lipinski definition) is 1. The van der Waals surface area contributed by atoms with Crippen molar-refractivity contribution in [1.29, 1.82) is 0 Å². The van der Waals surface area contributed by atoms with Crippen LogP contribution in [0, 0.1) is 0 Å². The average Bonchev–Trinajstić information content (AvgIpc) is 2.88. The van der Waals surface area contributed by atoms with Gasteiger partial charge in [-0.3, -0.25) is 15.1 Å². The van der Waals surface area contributed by atoms with E-state index >= 15 is 0 Å². The number of sulfone groups is 1. The number of nitrogens with one attached hydrogen (secondary N) is 1. The number of hydrogen-bond acceptors (Lipinski definition) is 7. The molecule has 3 aromatic rings. The summed E-state index contributed by atoms with van der Waals surface area (Å²) in [4.78, 5) is 24.2. The van der Waals surface area contributed by atoms with Gasteiger partial charge in [0.2, 0.25) is 0 Å². The number of amides is 1. The Morgan fingerprint density at radius 3 is 2.77 bits per heavy atom. The number of carbonyl (C=O) groups excluding carboxylic acids is 1. The Balaban J connectivity index is 1.91. The van der Waals surface area contributed by atoms with Crippen LogP contribution in [0.3, 0.4) is 0 Å². The van der Waals surface area contributed by atoms with Gasteiger partial charge in [-0.2, -0.15) is 0 Å². The van der Waals surface area contributed by atoms with Crippen molar-refractivity contribution >= 4 is 42.4 Å². The Morgan fingerprint density at radius 2 is 2.09 bits per heavy atom. The van der Waals surface area contributed by atoms with Gasteiger partial charge in [0.1, 0.15) is 5.69 Å². The number of benzene rings is 1. The summed E-state index contributed by atoms with van der Waals surface area (Å²) < 4.78 is 23.8. The fourth-order valence-corrected chi connectivity index (χ4v) is 3.39. The lowest BCUT2D eigenvalue weighted by Gasteiger charge is -1.98. The van der Waals surface area contributed by atoms with Gasteiger partial charge in [0.05, 0.1) is 21.3 Å². The SMILES string of the molecule is CS(=O)(=O)c1ccc2nc(NC(=O)c3cnccn3)sc2c1. The zero-order valence-electron chi connectivity index (χ0n) is 11.3. The molecule has 3 rings (SSSR count). The summed E-state index contributed by atoms with van der Waals surface area (Å²) in [6, 6.07) is 4.65. The first-order chi connectivity index (χ1) is 10.4. The van der Waals surface area contributed by atoms with Gasteiger partial charge in [0.25, 0.3) is 5.91 Å². The van der Waals surface area contributed by atoms with Crippen LogP contribution in [-0.2, 0) is 9.84 Å². The smallest absolute Gasteiger partial charge is 0.277 e. The number of aromatic nitrogens is 3. The molecule has 0 aliphatic rings. The van der Waals surface area contributed by atoms with E-state index in [1.807, 2.05) is 0 Å². The fraction of sp³-hybridized carbons (Fsp3) is 0.0769. The minimum absolute atomic E-state index is 0.179. The molecular weight excluding hydrogens is 324 g/mol. The lowest BCUT2D eigenvalue weighted by molar-refractivity contribution is 0.102. The first-order valence-corrected chi connectivity index (χ1v) is 8.82. The van der Waals surface area contributed by atoms with Crippen LogP contribution in [0.1, 0.15) is 10.5 Å². The van der Waals surface area contributed by atoms with E-state index in [9.17, 15) is 13.2 Å². The summed E-state index contributed by atoms with van der Waals surface area (Å²) >= 11 is 1.19. The summed E-state index contributed by atoms with van der Waals surface area (Å²) in [5.41, 5.74) is 0.797. The molecule has 0 bridgehead atoms. The van der Waals surface area contributed by atoms with Crippen LogP contribution < -0.4 is 5.32 Å². The lowest BCUT2D eigenvalue weighted by atomic mass is 10.3. The zero-order valence-corrected chi connectivity index (χ0v) is 13.0. The number of nitrogens with zero attached hydrogens (tertiary/aromatic N) is 3. The molecule has 0 aliphatic heterocycles. The van der Waals surface area contributed by atoms with E-state index < -0.39 is 15.7 Å². The Kier molecular flexibility index (Phi) is 3.59. The van der Waals surface area contributed by atoms with Crippen LogP contribution >= 0.6 is 11.3 Å². The molecule has 22 heavy (non-hydrogen) atoms. The molecule has 1 N–H and O–H groups in total. The monoisotopic (exact) mass is 334 g/mol. The highest BCUT2D eigenvalue weighted by Crippen LogP contribution is 2.28. The average molecular weight is 334 g/mol. The number of fused-ring (bicyclic) bond motifs is 1. The molecule has 1 amide bonds. The second-order valence-electron chi connectivity index (χ2n) is 4.47. The largest absolute Gasteiger partial charge is 0.296 e. The highest BCUT2D eigenvalue weighted by Gasteiger charge is 2.13. The van der Waals surface area contributed by atoms with Gasteiger partial charge in [0, 0.05) is 18.6 Å². The maximum Gasteiger partial charge on any atom is 0.277 e. The number of anilines is 1. The van der Waals surface area contributed by atoms with Crippen molar-refractivity contribution in [1.82, 2.24) is 15.0 Å². The molecule has 0 saturated carbocycles. The first-order valence-electron chi connectivity index (χ1n) is 6.11. The third-order valence-electron chi connectivity index (χ3n) is 2.80. The number of rotatable bonds is 3. The summed E-state index contributed by atoms with van der Waals surface area (Å²) in [6.07, 6.45) is 5.39.